The predicted octanol–water partition coefficient (Wildman–Crippen LogP) is 4.38. The Bertz CT molecular complexity index is 922. The minimum absolute atomic E-state index is 0.0528. The number of Topliss-reactive ketones (excluding diaryl/α,β-unsaturated/α-hetero) is 1. The number of ether oxygens (including phenoxy) is 2. The normalized spacial score (nSPS) is 17.6. The van der Waals surface area contributed by atoms with Gasteiger partial charge in [-0.25, -0.2) is 4.79 Å². The van der Waals surface area contributed by atoms with Crippen molar-refractivity contribution < 1.29 is 19.1 Å². The molecule has 28 heavy (non-hydrogen) atoms. The number of likely N-dealkylation sites (tertiary alicyclic amines) is 1. The number of methoxy groups -OCH3 is 1. The van der Waals surface area contributed by atoms with Crippen LogP contribution in [0.15, 0.2) is 42.5 Å². The van der Waals surface area contributed by atoms with Crippen LogP contribution in [0.1, 0.15) is 29.6 Å². The number of nitrogens with zero attached hydrogens (tertiary/aromatic N) is 1. The number of fused-ring (bicyclic) bond motifs is 1. The Morgan fingerprint density at radius 2 is 2.00 bits per heavy atom. The summed E-state index contributed by atoms with van der Waals surface area (Å²) in [5, 5.41) is 3.43. The molecule has 0 saturated carbocycles. The molecular weight excluding hydrogens is 380 g/mol. The summed E-state index contributed by atoms with van der Waals surface area (Å²) in [7, 11) is 1.57. The van der Waals surface area contributed by atoms with Gasteiger partial charge in [0, 0.05) is 36.6 Å². The molecule has 0 bridgehead atoms. The summed E-state index contributed by atoms with van der Waals surface area (Å²) in [5.74, 6) is 1.28. The van der Waals surface area contributed by atoms with E-state index in [1.165, 1.54) is 0 Å². The zero-order valence-electron chi connectivity index (χ0n) is 15.5. The average Bonchev–Trinajstić information content (AvgIpc) is 2.68. The molecule has 2 heterocycles. The van der Waals surface area contributed by atoms with Gasteiger partial charge in [0.1, 0.15) is 17.1 Å². The largest absolute Gasteiger partial charge is 0.497 e. The molecule has 2 aromatic rings. The monoisotopic (exact) mass is 400 g/mol. The van der Waals surface area contributed by atoms with E-state index in [4.69, 9.17) is 21.1 Å². The molecule has 0 atom stereocenters. The van der Waals surface area contributed by atoms with E-state index < -0.39 is 5.60 Å². The van der Waals surface area contributed by atoms with Gasteiger partial charge in [-0.05, 0) is 36.4 Å². The van der Waals surface area contributed by atoms with Crippen molar-refractivity contribution in [2.45, 2.75) is 24.9 Å². The van der Waals surface area contributed by atoms with Gasteiger partial charge in [-0.2, -0.15) is 0 Å². The maximum absolute atomic E-state index is 12.7. The predicted molar refractivity (Wildman–Crippen MR) is 107 cm³/mol. The van der Waals surface area contributed by atoms with Gasteiger partial charge in [-0.3, -0.25) is 4.79 Å². The SMILES string of the molecule is COc1ccc2c(c1)C(=O)CC1(CCN(C(=O)Nc3cccc(Cl)c3)CC1)O2. The number of hydrogen-bond donors (Lipinski definition) is 1. The molecule has 1 spiro atoms. The Balaban J connectivity index is 1.42. The average molecular weight is 401 g/mol. The fourth-order valence-corrected chi connectivity index (χ4v) is 3.96. The molecule has 1 fully saturated rings. The topological polar surface area (TPSA) is 67.9 Å². The first-order valence-corrected chi connectivity index (χ1v) is 9.58. The molecule has 1 saturated heterocycles. The van der Waals surface area contributed by atoms with Crippen LogP contribution in [0, 0.1) is 0 Å². The van der Waals surface area contributed by atoms with E-state index in [1.807, 2.05) is 0 Å². The van der Waals surface area contributed by atoms with Gasteiger partial charge in [0.2, 0.25) is 0 Å². The third-order valence-corrected chi connectivity index (χ3v) is 5.57. The number of anilines is 1. The maximum atomic E-state index is 12.7. The number of urea groups is 1. The van der Waals surface area contributed by atoms with E-state index in [2.05, 4.69) is 5.32 Å². The number of halogens is 1. The number of amides is 2. The van der Waals surface area contributed by atoms with Crippen molar-refractivity contribution in [3.05, 3.63) is 53.1 Å². The van der Waals surface area contributed by atoms with E-state index in [0.29, 0.717) is 60.1 Å². The fraction of sp³-hybridized carbons (Fsp3) is 0.333. The van der Waals surface area contributed by atoms with Crippen LogP contribution in [-0.4, -0.2) is 42.5 Å². The van der Waals surface area contributed by atoms with Crippen molar-refractivity contribution >= 4 is 29.1 Å². The Kier molecular flexibility index (Phi) is 4.89. The molecule has 7 heteroatoms. The summed E-state index contributed by atoms with van der Waals surface area (Å²) in [5.41, 5.74) is 0.668. The quantitative estimate of drug-likeness (QED) is 0.812. The van der Waals surface area contributed by atoms with Crippen LogP contribution < -0.4 is 14.8 Å². The first-order chi connectivity index (χ1) is 13.5. The molecule has 2 amide bonds. The molecule has 2 aliphatic heterocycles. The smallest absolute Gasteiger partial charge is 0.321 e. The Hall–Kier alpha value is -2.73. The van der Waals surface area contributed by atoms with Crippen molar-refractivity contribution in [3.63, 3.8) is 0 Å². The van der Waals surface area contributed by atoms with E-state index in [1.54, 1.807) is 54.5 Å². The molecule has 0 aromatic heterocycles. The molecule has 6 nitrogen and oxygen atoms in total. The van der Waals surface area contributed by atoms with Crippen LogP contribution in [0.4, 0.5) is 10.5 Å². The second-order valence-electron chi connectivity index (χ2n) is 7.17. The molecule has 2 aliphatic rings. The molecule has 146 valence electrons. The molecule has 0 aliphatic carbocycles. The lowest BCUT2D eigenvalue weighted by molar-refractivity contribution is 0.000319. The number of benzene rings is 2. The lowest BCUT2D eigenvalue weighted by Gasteiger charge is -2.43. The number of rotatable bonds is 2. The van der Waals surface area contributed by atoms with Gasteiger partial charge in [-0.15, -0.1) is 0 Å². The number of hydrogen-bond acceptors (Lipinski definition) is 4. The van der Waals surface area contributed by atoms with Crippen molar-refractivity contribution in [2.75, 3.05) is 25.5 Å². The summed E-state index contributed by atoms with van der Waals surface area (Å²) in [6.07, 6.45) is 1.53. The number of ketones is 1. The van der Waals surface area contributed by atoms with Gasteiger partial charge < -0.3 is 19.7 Å². The highest BCUT2D eigenvalue weighted by molar-refractivity contribution is 6.30. The van der Waals surface area contributed by atoms with Gasteiger partial charge in [0.25, 0.3) is 0 Å². The third kappa shape index (κ3) is 3.64. The first kappa shape index (κ1) is 18.6. The molecular formula is C21H21ClN2O4. The van der Waals surface area contributed by atoms with Crippen LogP contribution in [-0.2, 0) is 0 Å². The zero-order valence-corrected chi connectivity index (χ0v) is 16.3. The van der Waals surface area contributed by atoms with Gasteiger partial charge >= 0.3 is 6.03 Å². The molecule has 0 unspecified atom stereocenters. The van der Waals surface area contributed by atoms with Crippen LogP contribution in [0.2, 0.25) is 5.02 Å². The van der Waals surface area contributed by atoms with E-state index in [-0.39, 0.29) is 11.8 Å². The Morgan fingerprint density at radius 1 is 1.21 bits per heavy atom. The molecule has 2 aromatic carbocycles. The van der Waals surface area contributed by atoms with Crippen LogP contribution >= 0.6 is 11.6 Å². The summed E-state index contributed by atoms with van der Waals surface area (Å²) in [6.45, 7) is 1.04. The maximum Gasteiger partial charge on any atom is 0.321 e. The summed E-state index contributed by atoms with van der Waals surface area (Å²) in [4.78, 5) is 26.9. The highest BCUT2D eigenvalue weighted by atomic mass is 35.5. The van der Waals surface area contributed by atoms with Crippen molar-refractivity contribution in [3.8, 4) is 11.5 Å². The standard InChI is InChI=1S/C21H21ClN2O4/c1-27-16-5-6-19-17(12-16)18(25)13-21(28-19)7-9-24(10-8-21)20(26)23-15-4-2-3-14(22)11-15/h2-6,11-12H,7-10,13H2,1H3,(H,23,26). The van der Waals surface area contributed by atoms with Crippen LogP contribution in [0.3, 0.4) is 0 Å². The van der Waals surface area contributed by atoms with Crippen molar-refractivity contribution in [1.82, 2.24) is 4.90 Å². The van der Waals surface area contributed by atoms with Crippen molar-refractivity contribution in [1.29, 1.82) is 0 Å². The van der Waals surface area contributed by atoms with E-state index in [9.17, 15) is 9.59 Å². The number of carbonyl (C=O) groups excluding carboxylic acids is 2. The number of piperidine rings is 1. The Labute approximate surface area is 168 Å². The molecule has 1 N–H and O–H groups in total. The molecule has 4 rings (SSSR count). The second kappa shape index (κ2) is 7.36. The fourth-order valence-electron chi connectivity index (χ4n) is 3.77. The van der Waals surface area contributed by atoms with Crippen LogP contribution in [0.5, 0.6) is 11.5 Å². The van der Waals surface area contributed by atoms with Gasteiger partial charge in [0.15, 0.2) is 5.78 Å². The Morgan fingerprint density at radius 3 is 2.71 bits per heavy atom. The van der Waals surface area contributed by atoms with Gasteiger partial charge in [-0.1, -0.05) is 17.7 Å². The summed E-state index contributed by atoms with van der Waals surface area (Å²) >= 11 is 5.96. The zero-order chi connectivity index (χ0) is 19.7. The highest BCUT2D eigenvalue weighted by Crippen LogP contribution is 2.40. The lowest BCUT2D eigenvalue weighted by atomic mass is 9.82. The van der Waals surface area contributed by atoms with Gasteiger partial charge in [0.05, 0.1) is 19.1 Å². The minimum Gasteiger partial charge on any atom is -0.497 e. The van der Waals surface area contributed by atoms with Crippen LogP contribution in [0.25, 0.3) is 0 Å². The summed E-state index contributed by atoms with van der Waals surface area (Å²) < 4.78 is 11.4. The second-order valence-corrected chi connectivity index (χ2v) is 7.61. The third-order valence-electron chi connectivity index (χ3n) is 5.33. The minimum atomic E-state index is -0.550. The molecule has 0 radical (unpaired) electrons. The van der Waals surface area contributed by atoms with Crippen molar-refractivity contribution in [2.24, 2.45) is 0 Å². The summed E-state index contributed by atoms with van der Waals surface area (Å²) in [6, 6.07) is 12.2. The lowest BCUT2D eigenvalue weighted by Crippen LogP contribution is -2.53. The first-order valence-electron chi connectivity index (χ1n) is 9.20. The van der Waals surface area contributed by atoms with E-state index >= 15 is 0 Å². The highest BCUT2D eigenvalue weighted by Gasteiger charge is 2.43. The number of carbonyl (C=O) groups is 2. The number of nitrogens with one attached hydrogen (secondary N) is 1. The van der Waals surface area contributed by atoms with E-state index in [0.717, 1.165) is 0 Å².